The lowest BCUT2D eigenvalue weighted by atomic mass is 10.1. The van der Waals surface area contributed by atoms with Crippen LogP contribution in [0.2, 0.25) is 0 Å². The van der Waals surface area contributed by atoms with Crippen molar-refractivity contribution in [1.82, 2.24) is 5.32 Å². The van der Waals surface area contributed by atoms with Crippen LogP contribution in [-0.2, 0) is 4.74 Å². The third kappa shape index (κ3) is 3.03. The van der Waals surface area contributed by atoms with E-state index in [0.717, 1.165) is 5.00 Å². The first-order valence-corrected chi connectivity index (χ1v) is 7.85. The summed E-state index contributed by atoms with van der Waals surface area (Å²) in [4.78, 5) is 26.7. The second-order valence-electron chi connectivity index (χ2n) is 5.01. The topological polar surface area (TPSA) is 84.7 Å². The van der Waals surface area contributed by atoms with Crippen LogP contribution in [0.4, 0.5) is 10.7 Å². The normalized spacial score (nSPS) is 18.6. The number of carbonyl (C=O) groups excluding carboxylic acids is 2. The molecule has 1 aromatic heterocycles. The Balaban J connectivity index is 2.47. The first kappa shape index (κ1) is 15.8. The maximum atomic E-state index is 12.1. The summed E-state index contributed by atoms with van der Waals surface area (Å²) in [7, 11) is 1.56. The number of nitrogen functional groups attached to an aromatic ring is 1. The number of hydrogen-bond acceptors (Lipinski definition) is 6. The number of ketones is 1. The average Bonchev–Trinajstić information content (AvgIpc) is 2.83. The molecule has 1 aliphatic rings. The second-order valence-corrected chi connectivity index (χ2v) is 6.01. The lowest BCUT2D eigenvalue weighted by Crippen LogP contribution is -2.41. The molecule has 1 unspecified atom stereocenters. The maximum absolute atomic E-state index is 12.1. The van der Waals surface area contributed by atoms with Crippen LogP contribution in [0.5, 0.6) is 0 Å². The molecular weight excluding hydrogens is 290 g/mol. The molecule has 7 heteroatoms. The van der Waals surface area contributed by atoms with E-state index in [9.17, 15) is 9.59 Å². The molecule has 0 aromatic carbocycles. The molecule has 116 valence electrons. The fraction of sp³-hybridized carbons (Fsp3) is 0.571. The van der Waals surface area contributed by atoms with Gasteiger partial charge in [-0.1, -0.05) is 6.92 Å². The first-order chi connectivity index (χ1) is 9.99. The Kier molecular flexibility index (Phi) is 4.84. The molecule has 0 saturated carbocycles. The van der Waals surface area contributed by atoms with E-state index in [1.54, 1.807) is 14.0 Å². The van der Waals surface area contributed by atoms with Gasteiger partial charge in [0.15, 0.2) is 5.78 Å². The molecule has 1 fully saturated rings. The standard InChI is InChI=1S/C14H21N3O3S/c1-4-9(18)12-11(15)10(13(19)16-3)14(21-12)17-5-6-20-8(2)7-17/h8H,4-7,15H2,1-3H3,(H,16,19). The van der Waals surface area contributed by atoms with Gasteiger partial charge in [0.05, 0.1) is 28.8 Å². The number of hydrogen-bond donors (Lipinski definition) is 2. The average molecular weight is 311 g/mol. The van der Waals surface area contributed by atoms with Crippen molar-refractivity contribution in [2.45, 2.75) is 26.4 Å². The van der Waals surface area contributed by atoms with Crippen molar-refractivity contribution in [1.29, 1.82) is 0 Å². The molecule has 21 heavy (non-hydrogen) atoms. The van der Waals surface area contributed by atoms with Crippen LogP contribution >= 0.6 is 11.3 Å². The van der Waals surface area contributed by atoms with Crippen molar-refractivity contribution in [3.05, 3.63) is 10.4 Å². The van der Waals surface area contributed by atoms with E-state index in [1.807, 2.05) is 6.92 Å². The molecule has 0 spiro atoms. The molecule has 1 atom stereocenters. The Bertz CT molecular complexity index is 556. The highest BCUT2D eigenvalue weighted by atomic mass is 32.1. The highest BCUT2D eigenvalue weighted by Crippen LogP contribution is 2.39. The van der Waals surface area contributed by atoms with Crippen LogP contribution in [0, 0.1) is 0 Å². The fourth-order valence-electron chi connectivity index (χ4n) is 2.37. The highest BCUT2D eigenvalue weighted by molar-refractivity contribution is 7.19. The number of carbonyl (C=O) groups is 2. The van der Waals surface area contributed by atoms with Gasteiger partial charge in [0, 0.05) is 26.6 Å². The number of nitrogens with one attached hydrogen (secondary N) is 1. The summed E-state index contributed by atoms with van der Waals surface area (Å²) >= 11 is 1.31. The number of morpholine rings is 1. The largest absolute Gasteiger partial charge is 0.397 e. The van der Waals surface area contributed by atoms with Gasteiger partial charge in [0.25, 0.3) is 5.91 Å². The lowest BCUT2D eigenvalue weighted by molar-refractivity contribution is 0.0533. The zero-order valence-corrected chi connectivity index (χ0v) is 13.4. The molecule has 3 N–H and O–H groups in total. The summed E-state index contributed by atoms with van der Waals surface area (Å²) in [5.41, 5.74) is 6.77. The van der Waals surface area contributed by atoms with Crippen molar-refractivity contribution in [3.8, 4) is 0 Å². The van der Waals surface area contributed by atoms with Gasteiger partial charge < -0.3 is 20.7 Å². The smallest absolute Gasteiger partial charge is 0.256 e. The van der Waals surface area contributed by atoms with E-state index in [0.29, 0.717) is 42.2 Å². The third-order valence-corrected chi connectivity index (χ3v) is 4.79. The van der Waals surface area contributed by atoms with Crippen LogP contribution in [0.1, 0.15) is 40.3 Å². The molecule has 0 radical (unpaired) electrons. The second kappa shape index (κ2) is 6.44. The lowest BCUT2D eigenvalue weighted by Gasteiger charge is -2.32. The van der Waals surface area contributed by atoms with Gasteiger partial charge in [0.1, 0.15) is 5.00 Å². The molecule has 2 heterocycles. The Morgan fingerprint density at radius 2 is 2.24 bits per heavy atom. The number of rotatable bonds is 4. The van der Waals surface area contributed by atoms with Gasteiger partial charge in [-0.3, -0.25) is 9.59 Å². The van der Waals surface area contributed by atoms with Crippen LogP contribution in [0.15, 0.2) is 0 Å². The van der Waals surface area contributed by atoms with E-state index < -0.39 is 0 Å². The van der Waals surface area contributed by atoms with Crippen molar-refractivity contribution in [2.75, 3.05) is 37.4 Å². The third-order valence-electron chi connectivity index (χ3n) is 3.48. The number of Topliss-reactive ketones (excluding diaryl/α,β-unsaturated/α-hetero) is 1. The Labute approximate surface area is 128 Å². The monoisotopic (exact) mass is 311 g/mol. The van der Waals surface area contributed by atoms with Gasteiger partial charge in [0.2, 0.25) is 0 Å². The van der Waals surface area contributed by atoms with E-state index in [4.69, 9.17) is 10.5 Å². The van der Waals surface area contributed by atoms with Crippen molar-refractivity contribution < 1.29 is 14.3 Å². The summed E-state index contributed by atoms with van der Waals surface area (Å²) < 4.78 is 5.53. The summed E-state index contributed by atoms with van der Waals surface area (Å²) in [5, 5.41) is 3.36. The predicted octanol–water partition coefficient (Wildman–Crippen LogP) is 1.51. The molecule has 1 saturated heterocycles. The van der Waals surface area contributed by atoms with E-state index in [-0.39, 0.29) is 17.8 Å². The highest BCUT2D eigenvalue weighted by Gasteiger charge is 2.29. The van der Waals surface area contributed by atoms with E-state index >= 15 is 0 Å². The SMILES string of the molecule is CCC(=O)c1sc(N2CCOC(C)C2)c(C(=O)NC)c1N. The van der Waals surface area contributed by atoms with Gasteiger partial charge in [-0.2, -0.15) is 0 Å². The molecule has 0 aliphatic carbocycles. The number of anilines is 2. The van der Waals surface area contributed by atoms with E-state index in [2.05, 4.69) is 10.2 Å². The summed E-state index contributed by atoms with van der Waals surface area (Å²) in [6.45, 7) is 5.75. The quantitative estimate of drug-likeness (QED) is 0.823. The van der Waals surface area contributed by atoms with Crippen LogP contribution in [0.25, 0.3) is 0 Å². The molecule has 1 aliphatic heterocycles. The molecular formula is C14H21N3O3S. The molecule has 1 aromatic rings. The van der Waals surface area contributed by atoms with Crippen molar-refractivity contribution in [3.63, 3.8) is 0 Å². The van der Waals surface area contributed by atoms with Gasteiger partial charge in [-0.15, -0.1) is 11.3 Å². The Morgan fingerprint density at radius 3 is 2.81 bits per heavy atom. The summed E-state index contributed by atoms with van der Waals surface area (Å²) in [5.74, 6) is -0.289. The number of amides is 1. The maximum Gasteiger partial charge on any atom is 0.256 e. The number of nitrogens with two attached hydrogens (primary N) is 1. The van der Waals surface area contributed by atoms with Gasteiger partial charge >= 0.3 is 0 Å². The number of nitrogens with zero attached hydrogens (tertiary/aromatic N) is 1. The van der Waals surface area contributed by atoms with Gasteiger partial charge in [-0.25, -0.2) is 0 Å². The molecule has 2 rings (SSSR count). The fourth-order valence-corrected chi connectivity index (χ4v) is 3.63. The minimum Gasteiger partial charge on any atom is -0.397 e. The number of ether oxygens (including phenoxy) is 1. The zero-order chi connectivity index (χ0) is 15.6. The number of thiophene rings is 1. The van der Waals surface area contributed by atoms with Crippen LogP contribution in [0.3, 0.4) is 0 Å². The predicted molar refractivity (Wildman–Crippen MR) is 84.4 cm³/mol. The minimum absolute atomic E-state index is 0.0322. The molecule has 1 amide bonds. The van der Waals surface area contributed by atoms with Gasteiger partial charge in [-0.05, 0) is 6.92 Å². The van der Waals surface area contributed by atoms with Crippen molar-refractivity contribution in [2.24, 2.45) is 0 Å². The Morgan fingerprint density at radius 1 is 1.52 bits per heavy atom. The van der Waals surface area contributed by atoms with Crippen molar-refractivity contribution >= 4 is 33.7 Å². The van der Waals surface area contributed by atoms with E-state index in [1.165, 1.54) is 11.3 Å². The summed E-state index contributed by atoms with van der Waals surface area (Å²) in [6, 6.07) is 0. The zero-order valence-electron chi connectivity index (χ0n) is 12.6. The van der Waals surface area contributed by atoms with Crippen LogP contribution < -0.4 is 16.0 Å². The minimum atomic E-state index is -0.256. The first-order valence-electron chi connectivity index (χ1n) is 7.03. The van der Waals surface area contributed by atoms with Crippen LogP contribution in [-0.4, -0.2) is 44.5 Å². The Hall–Kier alpha value is -1.60. The molecule has 0 bridgehead atoms. The summed E-state index contributed by atoms with van der Waals surface area (Å²) in [6.07, 6.45) is 0.460. The molecule has 6 nitrogen and oxygen atoms in total.